The summed E-state index contributed by atoms with van der Waals surface area (Å²) in [5.41, 5.74) is 0.167. The van der Waals surface area contributed by atoms with Gasteiger partial charge in [0, 0.05) is 0 Å². The summed E-state index contributed by atoms with van der Waals surface area (Å²) in [4.78, 5) is -0.432. The second-order valence-corrected chi connectivity index (χ2v) is 4.70. The van der Waals surface area contributed by atoms with Gasteiger partial charge in [-0.3, -0.25) is 0 Å². The van der Waals surface area contributed by atoms with E-state index in [0.717, 1.165) is 6.07 Å². The lowest BCUT2D eigenvalue weighted by molar-refractivity contribution is 0.568. The number of alkyl halides is 1. The van der Waals surface area contributed by atoms with Crippen LogP contribution in [0.5, 0.6) is 0 Å². The van der Waals surface area contributed by atoms with Crippen molar-refractivity contribution in [3.8, 4) is 0 Å². The Morgan fingerprint density at radius 3 is 2.87 bits per heavy atom. The molecule has 0 aliphatic carbocycles. The molecule has 80 valence electrons. The monoisotopic (exact) mass is 248 g/mol. The first kappa shape index (κ1) is 10.4. The average Bonchev–Trinajstić information content (AvgIpc) is 2.15. The fraction of sp³-hybridized carbons (Fsp3) is 0.125. The van der Waals surface area contributed by atoms with Crippen LogP contribution in [0.1, 0.15) is 0 Å². The van der Waals surface area contributed by atoms with Crippen molar-refractivity contribution in [2.45, 2.75) is 4.90 Å². The van der Waals surface area contributed by atoms with Crippen molar-refractivity contribution in [3.63, 3.8) is 0 Å². The predicted molar refractivity (Wildman–Crippen MR) is 55.4 cm³/mol. The first-order chi connectivity index (χ1) is 7.04. The van der Waals surface area contributed by atoms with Crippen molar-refractivity contribution in [1.82, 2.24) is 0 Å². The van der Waals surface area contributed by atoms with Gasteiger partial charge in [-0.05, 0) is 12.1 Å². The highest BCUT2D eigenvalue weighted by atomic mass is 35.5. The Bertz CT molecular complexity index is 542. The minimum Gasteiger partial charge on any atom is -0.341 e. The van der Waals surface area contributed by atoms with E-state index in [9.17, 15) is 12.8 Å². The Kier molecular flexibility index (Phi) is 2.40. The minimum absolute atomic E-state index is 0.0742. The molecule has 0 aromatic heterocycles. The predicted octanol–water partition coefficient (Wildman–Crippen LogP) is 1.58. The van der Waals surface area contributed by atoms with Crippen LogP contribution in [-0.4, -0.2) is 20.1 Å². The van der Waals surface area contributed by atoms with Crippen molar-refractivity contribution in [3.05, 3.63) is 24.0 Å². The summed E-state index contributed by atoms with van der Waals surface area (Å²) in [6, 6.07) is 3.93. The third kappa shape index (κ3) is 1.70. The molecule has 1 aromatic rings. The van der Waals surface area contributed by atoms with Gasteiger partial charge in [0.15, 0.2) is 0 Å². The van der Waals surface area contributed by atoms with Crippen LogP contribution in [0.4, 0.5) is 10.1 Å². The maximum atomic E-state index is 13.3. The van der Waals surface area contributed by atoms with E-state index in [1.807, 2.05) is 0 Å². The number of rotatable bonds is 1. The standard InChI is InChI=1S/C8H6ClFN2O2S/c9-4-7-11-6-3-1-2-5(10)8(6)15(13,14)12-7/h1-3H,4H2,(H,11,12). The Balaban J connectivity index is 2.70. The molecule has 1 aliphatic heterocycles. The van der Waals surface area contributed by atoms with Crippen LogP contribution >= 0.6 is 11.6 Å². The van der Waals surface area contributed by atoms with Crippen LogP contribution in [0.2, 0.25) is 0 Å². The van der Waals surface area contributed by atoms with Crippen LogP contribution in [0.25, 0.3) is 0 Å². The van der Waals surface area contributed by atoms with Gasteiger partial charge in [-0.1, -0.05) is 6.07 Å². The van der Waals surface area contributed by atoms with E-state index in [1.165, 1.54) is 12.1 Å². The van der Waals surface area contributed by atoms with E-state index in [2.05, 4.69) is 9.71 Å². The number of anilines is 1. The van der Waals surface area contributed by atoms with Crippen LogP contribution in [-0.2, 0) is 10.0 Å². The van der Waals surface area contributed by atoms with Gasteiger partial charge in [0.2, 0.25) is 0 Å². The molecule has 0 fully saturated rings. The Labute approximate surface area is 90.8 Å². The molecule has 0 spiro atoms. The molecule has 1 N–H and O–H groups in total. The van der Waals surface area contributed by atoms with Gasteiger partial charge in [0.1, 0.15) is 16.5 Å². The molecule has 0 radical (unpaired) electrons. The molecule has 0 unspecified atom stereocenters. The van der Waals surface area contributed by atoms with E-state index in [4.69, 9.17) is 11.6 Å². The topological polar surface area (TPSA) is 58.5 Å². The summed E-state index contributed by atoms with van der Waals surface area (Å²) in [7, 11) is -3.97. The zero-order valence-corrected chi connectivity index (χ0v) is 8.94. The molecule has 0 atom stereocenters. The normalized spacial score (nSPS) is 17.6. The molecule has 1 aliphatic rings. The third-order valence-corrected chi connectivity index (χ3v) is 3.51. The average molecular weight is 249 g/mol. The molecule has 0 bridgehead atoms. The fourth-order valence-electron chi connectivity index (χ4n) is 1.30. The van der Waals surface area contributed by atoms with E-state index in [-0.39, 0.29) is 17.4 Å². The van der Waals surface area contributed by atoms with Crippen LogP contribution in [0.3, 0.4) is 0 Å². The molecular weight excluding hydrogens is 243 g/mol. The summed E-state index contributed by atoms with van der Waals surface area (Å²) in [6.45, 7) is 0. The van der Waals surface area contributed by atoms with Crippen LogP contribution in [0.15, 0.2) is 27.5 Å². The number of nitrogens with zero attached hydrogens (tertiary/aromatic N) is 1. The van der Waals surface area contributed by atoms with E-state index in [0.29, 0.717) is 0 Å². The maximum Gasteiger partial charge on any atom is 0.288 e. The van der Waals surface area contributed by atoms with Gasteiger partial charge in [-0.2, -0.15) is 8.42 Å². The number of nitrogens with one attached hydrogen (secondary N) is 1. The van der Waals surface area contributed by atoms with Crippen molar-refractivity contribution in [1.29, 1.82) is 0 Å². The van der Waals surface area contributed by atoms with E-state index < -0.39 is 20.7 Å². The maximum absolute atomic E-state index is 13.3. The third-order valence-electron chi connectivity index (χ3n) is 1.86. The molecular formula is C8H6ClFN2O2S. The van der Waals surface area contributed by atoms with Gasteiger partial charge in [0.25, 0.3) is 10.0 Å². The van der Waals surface area contributed by atoms with Gasteiger partial charge in [-0.15, -0.1) is 16.0 Å². The van der Waals surface area contributed by atoms with E-state index in [1.54, 1.807) is 0 Å². The molecule has 15 heavy (non-hydrogen) atoms. The zero-order valence-electron chi connectivity index (χ0n) is 7.37. The Morgan fingerprint density at radius 1 is 1.47 bits per heavy atom. The van der Waals surface area contributed by atoms with Gasteiger partial charge < -0.3 is 5.32 Å². The summed E-state index contributed by atoms with van der Waals surface area (Å²) >= 11 is 5.46. The Hall–Kier alpha value is -1.14. The summed E-state index contributed by atoms with van der Waals surface area (Å²) in [5.74, 6) is -0.804. The molecule has 0 saturated carbocycles. The number of sulfonamides is 1. The fourth-order valence-corrected chi connectivity index (χ4v) is 2.70. The smallest absolute Gasteiger partial charge is 0.288 e. The number of amidine groups is 1. The molecule has 0 saturated heterocycles. The first-order valence-electron chi connectivity index (χ1n) is 4.00. The van der Waals surface area contributed by atoms with Gasteiger partial charge in [0.05, 0.1) is 11.6 Å². The van der Waals surface area contributed by atoms with Crippen LogP contribution < -0.4 is 5.32 Å². The van der Waals surface area contributed by atoms with Crippen molar-refractivity contribution < 1.29 is 12.8 Å². The summed E-state index contributed by atoms with van der Waals surface area (Å²) < 4.78 is 39.7. The molecule has 7 heteroatoms. The SMILES string of the molecule is O=S1(=O)N=C(CCl)Nc2cccc(F)c21. The Morgan fingerprint density at radius 2 is 2.20 bits per heavy atom. The molecule has 1 heterocycles. The zero-order chi connectivity index (χ0) is 11.1. The lowest BCUT2D eigenvalue weighted by atomic mass is 10.3. The van der Waals surface area contributed by atoms with Gasteiger partial charge >= 0.3 is 0 Å². The molecule has 4 nitrogen and oxygen atoms in total. The molecule has 1 aromatic carbocycles. The quantitative estimate of drug-likeness (QED) is 0.768. The van der Waals surface area contributed by atoms with Crippen molar-refractivity contribution in [2.75, 3.05) is 11.2 Å². The van der Waals surface area contributed by atoms with Gasteiger partial charge in [-0.25, -0.2) is 4.39 Å². The van der Waals surface area contributed by atoms with Crippen molar-refractivity contribution in [2.24, 2.45) is 4.40 Å². The highest BCUT2D eigenvalue weighted by molar-refractivity contribution is 7.90. The summed E-state index contributed by atoms with van der Waals surface area (Å²) in [5, 5.41) is 2.64. The number of fused-ring (bicyclic) bond motifs is 1. The van der Waals surface area contributed by atoms with Crippen molar-refractivity contribution >= 4 is 33.1 Å². The number of benzene rings is 1. The second-order valence-electron chi connectivity index (χ2n) is 2.89. The van der Waals surface area contributed by atoms with E-state index >= 15 is 0 Å². The molecule has 0 amide bonds. The summed E-state index contributed by atoms with van der Waals surface area (Å²) in [6.07, 6.45) is 0. The minimum atomic E-state index is -3.97. The highest BCUT2D eigenvalue weighted by Gasteiger charge is 2.27. The lowest BCUT2D eigenvalue weighted by Gasteiger charge is -2.16. The number of hydrogen-bond acceptors (Lipinski definition) is 3. The molecule has 2 rings (SSSR count). The highest BCUT2D eigenvalue weighted by Crippen LogP contribution is 2.29. The number of hydrogen-bond donors (Lipinski definition) is 1. The second kappa shape index (κ2) is 3.46. The number of halogens is 2. The van der Waals surface area contributed by atoms with Crippen LogP contribution in [0, 0.1) is 5.82 Å². The largest absolute Gasteiger partial charge is 0.341 e. The first-order valence-corrected chi connectivity index (χ1v) is 5.97. The lowest BCUT2D eigenvalue weighted by Crippen LogP contribution is -2.23.